The summed E-state index contributed by atoms with van der Waals surface area (Å²) in [4.78, 5) is 15.7. The maximum absolute atomic E-state index is 11.5. The van der Waals surface area contributed by atoms with Gasteiger partial charge in [0.2, 0.25) is 5.16 Å². The van der Waals surface area contributed by atoms with Gasteiger partial charge in [0.1, 0.15) is 23.1 Å². The van der Waals surface area contributed by atoms with Crippen LogP contribution in [0.3, 0.4) is 0 Å². The van der Waals surface area contributed by atoms with E-state index in [0.29, 0.717) is 28.4 Å². The quantitative estimate of drug-likeness (QED) is 0.445. The zero-order chi connectivity index (χ0) is 19.2. The first kappa shape index (κ1) is 19.0. The van der Waals surface area contributed by atoms with Gasteiger partial charge >= 0.3 is 5.97 Å². The van der Waals surface area contributed by atoms with Crippen molar-refractivity contribution in [2.75, 3.05) is 0 Å². The predicted octanol–water partition coefficient (Wildman–Crippen LogP) is 4.56. The van der Waals surface area contributed by atoms with Gasteiger partial charge in [-0.3, -0.25) is 5.10 Å². The summed E-state index contributed by atoms with van der Waals surface area (Å²) in [6, 6.07) is 14.6. The van der Waals surface area contributed by atoms with Crippen molar-refractivity contribution in [2.24, 2.45) is 0 Å². The van der Waals surface area contributed by atoms with Crippen molar-refractivity contribution < 1.29 is 14.6 Å². The predicted molar refractivity (Wildman–Crippen MR) is 105 cm³/mol. The number of ether oxygens (including phenoxy) is 1. The maximum Gasteiger partial charge on any atom is 0.342 e. The fourth-order valence-corrected chi connectivity index (χ4v) is 3.17. The number of halogens is 1. The number of carbonyl (C=O) groups is 1. The lowest BCUT2D eigenvalue weighted by Gasteiger charge is -2.07. The van der Waals surface area contributed by atoms with Crippen LogP contribution in [0.15, 0.2) is 58.6 Å². The zero-order valence-electron chi connectivity index (χ0n) is 14.3. The van der Waals surface area contributed by atoms with E-state index in [9.17, 15) is 9.90 Å². The molecule has 0 saturated heterocycles. The lowest BCUT2D eigenvalue weighted by Crippen LogP contribution is -1.97. The summed E-state index contributed by atoms with van der Waals surface area (Å²) in [5.41, 5.74) is 1.71. The Morgan fingerprint density at radius 2 is 2.07 bits per heavy atom. The molecule has 0 aliphatic heterocycles. The lowest BCUT2D eigenvalue weighted by atomic mass is 10.2. The second kappa shape index (κ2) is 8.75. The number of benzene rings is 2. The number of nitrogens with one attached hydrogen (secondary N) is 1. The topological polar surface area (TPSA) is 88.1 Å². The largest absolute Gasteiger partial charge is 0.489 e. The number of aliphatic carboxylic acids is 1. The molecule has 3 aromatic rings. The molecule has 0 atom stereocenters. The maximum atomic E-state index is 11.5. The molecule has 138 valence electrons. The third-order valence-corrected chi connectivity index (χ3v) is 4.57. The van der Waals surface area contributed by atoms with Crippen molar-refractivity contribution in [1.29, 1.82) is 0 Å². The third kappa shape index (κ3) is 5.60. The van der Waals surface area contributed by atoms with Gasteiger partial charge in [0, 0.05) is 5.02 Å². The molecule has 0 saturated carbocycles. The van der Waals surface area contributed by atoms with Gasteiger partial charge in [-0.15, -0.1) is 5.10 Å². The van der Waals surface area contributed by atoms with E-state index in [1.807, 2.05) is 24.3 Å². The van der Waals surface area contributed by atoms with Crippen molar-refractivity contribution in [3.05, 3.63) is 75.4 Å². The van der Waals surface area contributed by atoms with Gasteiger partial charge in [-0.25, -0.2) is 9.78 Å². The first-order valence-corrected chi connectivity index (χ1v) is 9.18. The van der Waals surface area contributed by atoms with E-state index in [2.05, 4.69) is 15.2 Å². The standard InChI is InChI=1S/C19H16ClN3O3S/c1-12-21-19(23-22-12)27-17(18(24)25)10-13-5-7-16(8-6-13)26-11-14-3-2-4-15(20)9-14/h2-10H,11H2,1H3,(H,24,25)(H,21,22,23). The number of aromatic nitrogens is 3. The molecule has 1 heterocycles. The van der Waals surface area contributed by atoms with E-state index in [1.54, 1.807) is 37.3 Å². The number of carboxylic acids is 1. The Balaban J connectivity index is 1.67. The Kier molecular flexibility index (Phi) is 6.16. The smallest absolute Gasteiger partial charge is 0.342 e. The Hall–Kier alpha value is -2.77. The van der Waals surface area contributed by atoms with Crippen LogP contribution < -0.4 is 4.74 Å². The number of hydrogen-bond acceptors (Lipinski definition) is 5. The first-order valence-electron chi connectivity index (χ1n) is 7.99. The molecule has 8 heteroatoms. The fourth-order valence-electron chi connectivity index (χ4n) is 2.21. The van der Waals surface area contributed by atoms with Gasteiger partial charge < -0.3 is 9.84 Å². The average molecular weight is 402 g/mol. The zero-order valence-corrected chi connectivity index (χ0v) is 15.9. The van der Waals surface area contributed by atoms with E-state index < -0.39 is 5.97 Å². The van der Waals surface area contributed by atoms with Crippen LogP contribution in [0.1, 0.15) is 17.0 Å². The molecule has 0 fully saturated rings. The van der Waals surface area contributed by atoms with Crippen molar-refractivity contribution in [3.8, 4) is 5.75 Å². The van der Waals surface area contributed by atoms with Crippen LogP contribution in [-0.2, 0) is 11.4 Å². The molecule has 27 heavy (non-hydrogen) atoms. The lowest BCUT2D eigenvalue weighted by molar-refractivity contribution is -0.131. The molecule has 6 nitrogen and oxygen atoms in total. The number of nitrogens with zero attached hydrogens (tertiary/aromatic N) is 2. The first-order chi connectivity index (χ1) is 13.0. The SMILES string of the molecule is Cc1nc(SC(=Cc2ccc(OCc3cccc(Cl)c3)cc2)C(=O)O)n[nH]1. The van der Waals surface area contributed by atoms with Gasteiger partial charge in [0.25, 0.3) is 0 Å². The molecule has 0 aliphatic rings. The van der Waals surface area contributed by atoms with Gasteiger partial charge in [0.15, 0.2) is 0 Å². The molecule has 0 amide bonds. The molecule has 0 bridgehead atoms. The summed E-state index contributed by atoms with van der Waals surface area (Å²) in [5.74, 6) is 0.272. The normalized spacial score (nSPS) is 11.4. The van der Waals surface area contributed by atoms with Crippen LogP contribution in [0.4, 0.5) is 0 Å². The van der Waals surface area contributed by atoms with Crippen molar-refractivity contribution in [3.63, 3.8) is 0 Å². The number of aryl methyl sites for hydroxylation is 1. The highest BCUT2D eigenvalue weighted by Gasteiger charge is 2.13. The highest BCUT2D eigenvalue weighted by Crippen LogP contribution is 2.26. The van der Waals surface area contributed by atoms with E-state index >= 15 is 0 Å². The van der Waals surface area contributed by atoms with Crippen LogP contribution in [0.25, 0.3) is 6.08 Å². The van der Waals surface area contributed by atoms with Crippen molar-refractivity contribution >= 4 is 35.4 Å². The van der Waals surface area contributed by atoms with Crippen molar-refractivity contribution in [1.82, 2.24) is 15.2 Å². The minimum Gasteiger partial charge on any atom is -0.489 e. The third-order valence-electron chi connectivity index (χ3n) is 3.46. The molecule has 2 aromatic carbocycles. The summed E-state index contributed by atoms with van der Waals surface area (Å²) in [5, 5.41) is 17.1. The Bertz CT molecular complexity index is 970. The number of carboxylic acid groups (broad SMARTS) is 1. The van der Waals surface area contributed by atoms with Gasteiger partial charge in [0.05, 0.1) is 0 Å². The minimum absolute atomic E-state index is 0.126. The summed E-state index contributed by atoms with van der Waals surface area (Å²) in [6.45, 7) is 2.15. The second-order valence-corrected chi connectivity index (χ2v) is 7.05. The molecule has 0 spiro atoms. The van der Waals surface area contributed by atoms with E-state index in [4.69, 9.17) is 16.3 Å². The van der Waals surface area contributed by atoms with E-state index in [0.717, 1.165) is 22.9 Å². The van der Waals surface area contributed by atoms with Crippen LogP contribution in [0, 0.1) is 6.92 Å². The van der Waals surface area contributed by atoms with Crippen LogP contribution in [0.5, 0.6) is 5.75 Å². The Labute approximate surface area is 165 Å². The van der Waals surface area contributed by atoms with Crippen molar-refractivity contribution in [2.45, 2.75) is 18.7 Å². The molecule has 3 rings (SSSR count). The van der Waals surface area contributed by atoms with Gasteiger partial charge in [-0.1, -0.05) is 35.9 Å². The summed E-state index contributed by atoms with van der Waals surface area (Å²) in [7, 11) is 0. The molecule has 0 aliphatic carbocycles. The fraction of sp³-hybridized carbons (Fsp3) is 0.105. The highest BCUT2D eigenvalue weighted by molar-refractivity contribution is 8.04. The number of thioether (sulfide) groups is 1. The van der Waals surface area contributed by atoms with E-state index in [1.165, 1.54) is 0 Å². The molecular weight excluding hydrogens is 386 g/mol. The van der Waals surface area contributed by atoms with Gasteiger partial charge in [-0.2, -0.15) is 0 Å². The number of rotatable bonds is 7. The monoisotopic (exact) mass is 401 g/mol. The molecule has 1 aromatic heterocycles. The molecular formula is C19H16ClN3O3S. The number of hydrogen-bond donors (Lipinski definition) is 2. The minimum atomic E-state index is -1.04. The number of H-pyrrole nitrogens is 1. The molecule has 0 unspecified atom stereocenters. The average Bonchev–Trinajstić information content (AvgIpc) is 3.05. The van der Waals surface area contributed by atoms with Crippen LogP contribution in [-0.4, -0.2) is 26.3 Å². The molecule has 0 radical (unpaired) electrons. The second-order valence-electron chi connectivity index (χ2n) is 5.61. The molecule has 2 N–H and O–H groups in total. The summed E-state index contributed by atoms with van der Waals surface area (Å²) < 4.78 is 5.73. The summed E-state index contributed by atoms with van der Waals surface area (Å²) >= 11 is 6.95. The van der Waals surface area contributed by atoms with Crippen LogP contribution in [0.2, 0.25) is 5.02 Å². The van der Waals surface area contributed by atoms with Gasteiger partial charge in [-0.05, 0) is 60.2 Å². The highest BCUT2D eigenvalue weighted by atomic mass is 35.5. The van der Waals surface area contributed by atoms with E-state index in [-0.39, 0.29) is 4.91 Å². The number of aromatic amines is 1. The summed E-state index contributed by atoms with van der Waals surface area (Å²) in [6.07, 6.45) is 1.57. The van der Waals surface area contributed by atoms with Crippen LogP contribution >= 0.6 is 23.4 Å². The Morgan fingerprint density at radius 1 is 1.30 bits per heavy atom. The Morgan fingerprint density at radius 3 is 2.70 bits per heavy atom.